The lowest BCUT2D eigenvalue weighted by Gasteiger charge is -2.24. The maximum absolute atomic E-state index is 12.2. The van der Waals surface area contributed by atoms with Crippen LogP contribution in [0.25, 0.3) is 0 Å². The molecule has 1 rings (SSSR count). The van der Waals surface area contributed by atoms with Crippen molar-refractivity contribution in [1.29, 1.82) is 0 Å². The Labute approximate surface area is 153 Å². The number of hydrogen-bond donors (Lipinski definition) is 1. The van der Waals surface area contributed by atoms with Gasteiger partial charge < -0.3 is 9.84 Å². The number of unbranched alkanes of at least 4 members (excludes halogenated alkanes) is 7. The summed E-state index contributed by atoms with van der Waals surface area (Å²) in [5.74, 6) is 0.442. The summed E-state index contributed by atoms with van der Waals surface area (Å²) >= 11 is 0. The zero-order valence-electron chi connectivity index (χ0n) is 16.3. The van der Waals surface area contributed by atoms with Crippen molar-refractivity contribution in [2.75, 3.05) is 7.11 Å². The number of aliphatic hydroxyl groups is 1. The fourth-order valence-corrected chi connectivity index (χ4v) is 4.03. The van der Waals surface area contributed by atoms with Crippen LogP contribution in [0, 0.1) is 11.8 Å². The highest BCUT2D eigenvalue weighted by atomic mass is 16.5. The van der Waals surface area contributed by atoms with Crippen LogP contribution in [-0.4, -0.2) is 30.1 Å². The van der Waals surface area contributed by atoms with Crippen molar-refractivity contribution in [3.8, 4) is 0 Å². The van der Waals surface area contributed by atoms with Gasteiger partial charge in [0.15, 0.2) is 0 Å². The van der Waals surface area contributed by atoms with Gasteiger partial charge in [-0.2, -0.15) is 0 Å². The van der Waals surface area contributed by atoms with E-state index in [1.54, 1.807) is 0 Å². The van der Waals surface area contributed by atoms with Crippen molar-refractivity contribution < 1.29 is 19.4 Å². The van der Waals surface area contributed by atoms with Crippen molar-refractivity contribution in [3.05, 3.63) is 0 Å². The Morgan fingerprint density at radius 3 is 2.52 bits per heavy atom. The topological polar surface area (TPSA) is 63.6 Å². The average Bonchev–Trinajstić information content (AvgIpc) is 2.98. The predicted molar refractivity (Wildman–Crippen MR) is 100 cm³/mol. The van der Waals surface area contributed by atoms with Gasteiger partial charge in [-0.1, -0.05) is 58.3 Å². The third kappa shape index (κ3) is 8.84. The highest BCUT2D eigenvalue weighted by Gasteiger charge is 2.37. The van der Waals surface area contributed by atoms with Crippen LogP contribution in [0.15, 0.2) is 0 Å². The fourth-order valence-electron chi connectivity index (χ4n) is 4.03. The number of ketones is 1. The van der Waals surface area contributed by atoms with E-state index in [2.05, 4.69) is 11.7 Å². The molecule has 1 unspecified atom stereocenters. The lowest BCUT2D eigenvalue weighted by molar-refractivity contribution is -0.140. The van der Waals surface area contributed by atoms with Gasteiger partial charge in [0.05, 0.1) is 13.2 Å². The van der Waals surface area contributed by atoms with Crippen LogP contribution in [0.3, 0.4) is 0 Å². The van der Waals surface area contributed by atoms with Crippen molar-refractivity contribution >= 4 is 11.8 Å². The van der Waals surface area contributed by atoms with Crippen LogP contribution in [0.2, 0.25) is 0 Å². The van der Waals surface area contributed by atoms with Crippen LogP contribution in [-0.2, 0) is 14.3 Å². The zero-order valence-corrected chi connectivity index (χ0v) is 16.3. The minimum atomic E-state index is -0.308. The Morgan fingerprint density at radius 2 is 1.80 bits per heavy atom. The number of methoxy groups -OCH3 is 1. The molecule has 0 saturated heterocycles. The molecule has 4 nitrogen and oxygen atoms in total. The largest absolute Gasteiger partial charge is 0.469 e. The molecule has 4 heteroatoms. The molecular weight excluding hydrogens is 316 g/mol. The average molecular weight is 355 g/mol. The standard InChI is InChI=1S/C21H38O4/c1-3-4-5-6-10-13-19(22)18-15-16-20(23)17(18)12-9-7-8-11-14-21(24)25-2/h17-19,22H,3-16H2,1-2H3/t17-,18+,19?/m0/s1. The van der Waals surface area contributed by atoms with Crippen molar-refractivity contribution in [2.24, 2.45) is 11.8 Å². The number of esters is 1. The number of Topliss-reactive ketones (excluding diaryl/α,β-unsaturated/α-hetero) is 1. The molecule has 146 valence electrons. The first-order valence-corrected chi connectivity index (χ1v) is 10.4. The molecule has 0 heterocycles. The molecule has 0 radical (unpaired) electrons. The molecule has 0 aromatic heterocycles. The number of aliphatic hydroxyl groups excluding tert-OH is 1. The number of carbonyl (C=O) groups excluding carboxylic acids is 2. The quantitative estimate of drug-likeness (QED) is 0.359. The van der Waals surface area contributed by atoms with Gasteiger partial charge in [0, 0.05) is 18.8 Å². The van der Waals surface area contributed by atoms with Gasteiger partial charge in [0.1, 0.15) is 5.78 Å². The van der Waals surface area contributed by atoms with Crippen LogP contribution in [0.4, 0.5) is 0 Å². The van der Waals surface area contributed by atoms with Crippen LogP contribution in [0.1, 0.15) is 96.8 Å². The molecule has 0 aromatic carbocycles. The Balaban J connectivity index is 2.21. The van der Waals surface area contributed by atoms with E-state index in [0.717, 1.165) is 51.4 Å². The van der Waals surface area contributed by atoms with Crippen molar-refractivity contribution in [1.82, 2.24) is 0 Å². The summed E-state index contributed by atoms with van der Waals surface area (Å²) in [6.07, 6.45) is 13.4. The first kappa shape index (κ1) is 22.1. The van der Waals surface area contributed by atoms with Crippen LogP contribution in [0.5, 0.6) is 0 Å². The summed E-state index contributed by atoms with van der Waals surface area (Å²) in [6, 6.07) is 0. The fraction of sp³-hybridized carbons (Fsp3) is 0.905. The molecule has 1 aliphatic carbocycles. The summed E-state index contributed by atoms with van der Waals surface area (Å²) < 4.78 is 4.63. The summed E-state index contributed by atoms with van der Waals surface area (Å²) in [7, 11) is 1.42. The molecule has 1 fully saturated rings. The minimum absolute atomic E-state index is 0.0613. The van der Waals surface area contributed by atoms with Crippen LogP contribution >= 0.6 is 0 Å². The lowest BCUT2D eigenvalue weighted by Crippen LogP contribution is -2.26. The molecule has 1 aliphatic rings. The number of carbonyl (C=O) groups is 2. The Morgan fingerprint density at radius 1 is 1.12 bits per heavy atom. The maximum Gasteiger partial charge on any atom is 0.305 e. The highest BCUT2D eigenvalue weighted by molar-refractivity contribution is 5.83. The first-order valence-electron chi connectivity index (χ1n) is 10.4. The van der Waals surface area contributed by atoms with Gasteiger partial charge in [-0.15, -0.1) is 0 Å². The Bertz CT molecular complexity index is 380. The monoisotopic (exact) mass is 354 g/mol. The first-order chi connectivity index (χ1) is 12.1. The normalized spacial score (nSPS) is 21.5. The predicted octanol–water partition coefficient (Wildman–Crippen LogP) is 4.82. The molecule has 0 amide bonds. The number of ether oxygens (including phenoxy) is 1. The van der Waals surface area contributed by atoms with Gasteiger partial charge in [0.25, 0.3) is 0 Å². The molecule has 3 atom stereocenters. The Hall–Kier alpha value is -0.900. The van der Waals surface area contributed by atoms with Gasteiger partial charge in [-0.3, -0.25) is 9.59 Å². The summed E-state index contributed by atoms with van der Waals surface area (Å²) in [5.41, 5.74) is 0. The molecule has 0 aliphatic heterocycles. The van der Waals surface area contributed by atoms with Gasteiger partial charge in [-0.05, 0) is 31.6 Å². The Kier molecular flexibility index (Phi) is 11.8. The SMILES string of the molecule is CCCCCCCC(O)[C@@H]1CCC(=O)[C@H]1CCCCCCC(=O)OC. The number of rotatable bonds is 14. The van der Waals surface area contributed by atoms with E-state index >= 15 is 0 Å². The molecule has 1 saturated carbocycles. The smallest absolute Gasteiger partial charge is 0.305 e. The maximum atomic E-state index is 12.2. The van der Waals surface area contributed by atoms with E-state index in [-0.39, 0.29) is 23.9 Å². The van der Waals surface area contributed by atoms with Crippen molar-refractivity contribution in [3.63, 3.8) is 0 Å². The van der Waals surface area contributed by atoms with Gasteiger partial charge in [0.2, 0.25) is 0 Å². The van der Waals surface area contributed by atoms with E-state index in [4.69, 9.17) is 0 Å². The van der Waals surface area contributed by atoms with E-state index in [1.165, 1.54) is 32.8 Å². The molecular formula is C21H38O4. The molecule has 0 aromatic rings. The van der Waals surface area contributed by atoms with Crippen LogP contribution < -0.4 is 0 Å². The second-order valence-electron chi connectivity index (χ2n) is 7.57. The van der Waals surface area contributed by atoms with E-state index in [1.807, 2.05) is 0 Å². The van der Waals surface area contributed by atoms with E-state index in [9.17, 15) is 14.7 Å². The highest BCUT2D eigenvalue weighted by Crippen LogP contribution is 2.36. The molecule has 1 N–H and O–H groups in total. The lowest BCUT2D eigenvalue weighted by atomic mass is 9.84. The third-order valence-corrected chi connectivity index (χ3v) is 5.63. The molecule has 0 bridgehead atoms. The van der Waals surface area contributed by atoms with E-state index < -0.39 is 0 Å². The second kappa shape index (κ2) is 13.3. The zero-order chi connectivity index (χ0) is 18.5. The number of hydrogen-bond acceptors (Lipinski definition) is 4. The van der Waals surface area contributed by atoms with E-state index in [0.29, 0.717) is 18.6 Å². The van der Waals surface area contributed by atoms with Gasteiger partial charge in [-0.25, -0.2) is 0 Å². The summed E-state index contributed by atoms with van der Waals surface area (Å²) in [6.45, 7) is 2.21. The summed E-state index contributed by atoms with van der Waals surface area (Å²) in [4.78, 5) is 23.2. The second-order valence-corrected chi connectivity index (χ2v) is 7.57. The van der Waals surface area contributed by atoms with Gasteiger partial charge >= 0.3 is 5.97 Å². The minimum Gasteiger partial charge on any atom is -0.469 e. The van der Waals surface area contributed by atoms with Crippen molar-refractivity contribution in [2.45, 2.75) is 103 Å². The molecule has 25 heavy (non-hydrogen) atoms. The summed E-state index contributed by atoms with van der Waals surface area (Å²) in [5, 5.41) is 10.5. The molecule has 0 spiro atoms. The third-order valence-electron chi connectivity index (χ3n) is 5.63.